The van der Waals surface area contributed by atoms with E-state index in [2.05, 4.69) is 0 Å². The number of amidine groups is 1. The van der Waals surface area contributed by atoms with Gasteiger partial charge in [-0.25, -0.2) is 0 Å². The molecule has 0 saturated carbocycles. The molecular formula is C2H8N2S2. The van der Waals surface area contributed by atoms with Gasteiger partial charge in [-0.15, -0.1) is 0 Å². The molecule has 0 rings (SSSR count). The second-order valence-electron chi connectivity index (χ2n) is 0.568. The minimum absolute atomic E-state index is 0. The molecule has 0 aliphatic rings. The Bertz CT molecular complexity index is 44.8. The quantitative estimate of drug-likeness (QED) is 0.362. The number of hydrogen-bond acceptors (Lipinski definition) is 2. The summed E-state index contributed by atoms with van der Waals surface area (Å²) in [7, 11) is 0. The van der Waals surface area contributed by atoms with Gasteiger partial charge in [-0.1, -0.05) is 11.8 Å². The summed E-state index contributed by atoms with van der Waals surface area (Å²) in [6, 6.07) is 0. The fourth-order valence-electron chi connectivity index (χ4n) is 0. The Morgan fingerprint density at radius 3 is 2.00 bits per heavy atom. The molecule has 0 aromatic carbocycles. The summed E-state index contributed by atoms with van der Waals surface area (Å²) in [4.78, 5) is 0. The lowest BCUT2D eigenvalue weighted by molar-refractivity contribution is 1.51. The lowest BCUT2D eigenvalue weighted by Gasteiger charge is -1.78. The molecule has 0 unspecified atom stereocenters. The van der Waals surface area contributed by atoms with E-state index in [9.17, 15) is 0 Å². The van der Waals surface area contributed by atoms with E-state index in [0.717, 1.165) is 0 Å². The number of hydrogen-bond donors (Lipinski definition) is 2. The second kappa shape index (κ2) is 5.17. The average molecular weight is 124 g/mol. The molecule has 0 aromatic heterocycles. The Morgan fingerprint density at radius 1 is 1.83 bits per heavy atom. The van der Waals surface area contributed by atoms with Crippen LogP contribution in [0.4, 0.5) is 0 Å². The summed E-state index contributed by atoms with van der Waals surface area (Å²) in [5.74, 6) is 0. The molecular weight excluding hydrogens is 116 g/mol. The number of rotatable bonds is 0. The van der Waals surface area contributed by atoms with E-state index in [1.807, 2.05) is 0 Å². The molecule has 0 radical (unpaired) electrons. The highest BCUT2D eigenvalue weighted by Crippen LogP contribution is 1.83. The van der Waals surface area contributed by atoms with Crippen molar-refractivity contribution in [2.45, 2.75) is 0 Å². The highest BCUT2D eigenvalue weighted by molar-refractivity contribution is 8.13. The molecule has 0 heterocycles. The third-order valence-corrected chi connectivity index (χ3v) is 0.660. The number of nitrogens with two attached hydrogens (primary N) is 1. The molecule has 0 bridgehead atoms. The molecule has 0 spiro atoms. The van der Waals surface area contributed by atoms with Crippen LogP contribution in [-0.4, -0.2) is 11.4 Å². The molecule has 0 aliphatic heterocycles. The molecule has 2 nitrogen and oxygen atoms in total. The maximum atomic E-state index is 6.48. The molecule has 3 N–H and O–H groups in total. The maximum absolute atomic E-state index is 6.48. The van der Waals surface area contributed by atoms with E-state index >= 15 is 0 Å². The van der Waals surface area contributed by atoms with Gasteiger partial charge in [0.15, 0.2) is 5.17 Å². The molecule has 0 atom stereocenters. The van der Waals surface area contributed by atoms with E-state index in [-0.39, 0.29) is 18.7 Å². The minimum atomic E-state index is 0. The number of nitrogens with one attached hydrogen (secondary N) is 1. The van der Waals surface area contributed by atoms with Crippen molar-refractivity contribution in [3.05, 3.63) is 0 Å². The van der Waals surface area contributed by atoms with Crippen molar-refractivity contribution >= 4 is 30.4 Å². The van der Waals surface area contributed by atoms with Crippen LogP contribution in [0.15, 0.2) is 0 Å². The first-order valence-electron chi connectivity index (χ1n) is 1.15. The van der Waals surface area contributed by atoms with Crippen molar-refractivity contribution in [3.8, 4) is 0 Å². The van der Waals surface area contributed by atoms with Crippen molar-refractivity contribution in [1.82, 2.24) is 0 Å². The number of thioether (sulfide) groups is 1. The van der Waals surface area contributed by atoms with E-state index in [4.69, 9.17) is 11.1 Å². The van der Waals surface area contributed by atoms with Crippen LogP contribution >= 0.6 is 25.3 Å². The van der Waals surface area contributed by atoms with E-state index in [1.54, 1.807) is 6.26 Å². The summed E-state index contributed by atoms with van der Waals surface area (Å²) in [6.07, 6.45) is 1.77. The van der Waals surface area contributed by atoms with E-state index in [0.29, 0.717) is 0 Å². The van der Waals surface area contributed by atoms with Gasteiger partial charge in [-0.3, -0.25) is 5.41 Å². The highest BCUT2D eigenvalue weighted by atomic mass is 32.2. The van der Waals surface area contributed by atoms with Crippen LogP contribution in [-0.2, 0) is 0 Å². The van der Waals surface area contributed by atoms with E-state index < -0.39 is 0 Å². The maximum Gasteiger partial charge on any atom is 0.150 e. The van der Waals surface area contributed by atoms with Crippen molar-refractivity contribution < 1.29 is 0 Å². The molecule has 0 amide bonds. The van der Waals surface area contributed by atoms with Gasteiger partial charge in [0.2, 0.25) is 0 Å². The molecule has 0 aliphatic carbocycles. The van der Waals surface area contributed by atoms with Crippen LogP contribution in [0.2, 0.25) is 0 Å². The monoisotopic (exact) mass is 124 g/mol. The van der Waals surface area contributed by atoms with Gasteiger partial charge in [0, 0.05) is 0 Å². The highest BCUT2D eigenvalue weighted by Gasteiger charge is 1.71. The first-order valence-corrected chi connectivity index (χ1v) is 2.38. The summed E-state index contributed by atoms with van der Waals surface area (Å²) >= 11 is 1.24. The van der Waals surface area contributed by atoms with Crippen LogP contribution in [0.5, 0.6) is 0 Å². The van der Waals surface area contributed by atoms with Crippen molar-refractivity contribution in [2.75, 3.05) is 6.26 Å². The molecule has 38 valence electrons. The van der Waals surface area contributed by atoms with Crippen molar-refractivity contribution in [2.24, 2.45) is 5.73 Å². The third-order valence-electron chi connectivity index (χ3n) is 0.220. The van der Waals surface area contributed by atoms with Gasteiger partial charge in [0.05, 0.1) is 0 Å². The minimum Gasteiger partial charge on any atom is -0.379 e. The van der Waals surface area contributed by atoms with Crippen LogP contribution in [0.1, 0.15) is 0 Å². The lowest BCUT2D eigenvalue weighted by atomic mass is 11.4. The normalized spacial score (nSPS) is 6.17. The van der Waals surface area contributed by atoms with Gasteiger partial charge >= 0.3 is 0 Å². The van der Waals surface area contributed by atoms with Gasteiger partial charge in [-0.05, 0) is 6.26 Å². The van der Waals surface area contributed by atoms with Crippen LogP contribution in [0, 0.1) is 5.41 Å². The largest absolute Gasteiger partial charge is 0.379 e. The lowest BCUT2D eigenvalue weighted by Crippen LogP contribution is -2.01. The predicted molar refractivity (Wildman–Crippen MR) is 35.8 cm³/mol. The summed E-state index contributed by atoms with van der Waals surface area (Å²) in [6.45, 7) is 0. The summed E-state index contributed by atoms with van der Waals surface area (Å²) in [5, 5.41) is 6.66. The first kappa shape index (κ1) is 9.48. The molecule has 0 aromatic rings. The fourth-order valence-corrected chi connectivity index (χ4v) is 0. The van der Waals surface area contributed by atoms with Crippen LogP contribution < -0.4 is 5.73 Å². The van der Waals surface area contributed by atoms with Gasteiger partial charge in [0.1, 0.15) is 0 Å². The zero-order valence-electron chi connectivity index (χ0n) is 3.49. The topological polar surface area (TPSA) is 49.9 Å². The second-order valence-corrected chi connectivity index (χ2v) is 1.42. The Balaban J connectivity index is 0. The molecule has 4 heteroatoms. The van der Waals surface area contributed by atoms with Gasteiger partial charge in [0.25, 0.3) is 0 Å². The van der Waals surface area contributed by atoms with Gasteiger partial charge < -0.3 is 5.73 Å². The third kappa shape index (κ3) is 8.90. The average Bonchev–Trinajstić information content (AvgIpc) is 1.38. The molecule has 6 heavy (non-hydrogen) atoms. The Morgan fingerprint density at radius 2 is 2.00 bits per heavy atom. The SMILES string of the molecule is CSC(=N)N.S. The van der Waals surface area contributed by atoms with Gasteiger partial charge in [-0.2, -0.15) is 13.5 Å². The Hall–Kier alpha value is 0.170. The Kier molecular flexibility index (Phi) is 8.17. The van der Waals surface area contributed by atoms with E-state index in [1.165, 1.54) is 11.8 Å². The summed E-state index contributed by atoms with van der Waals surface area (Å²) < 4.78 is 0. The Labute approximate surface area is 48.4 Å². The fraction of sp³-hybridized carbons (Fsp3) is 0.500. The van der Waals surface area contributed by atoms with Crippen molar-refractivity contribution in [3.63, 3.8) is 0 Å². The zero-order valence-corrected chi connectivity index (χ0v) is 5.30. The van der Waals surface area contributed by atoms with Crippen LogP contribution in [0.25, 0.3) is 0 Å². The molecule has 0 saturated heterocycles. The predicted octanol–water partition coefficient (Wildman–Crippen LogP) is 0.356. The summed E-state index contributed by atoms with van der Waals surface area (Å²) in [5.41, 5.74) is 4.84. The molecule has 0 fully saturated rings. The first-order chi connectivity index (χ1) is 2.27. The smallest absolute Gasteiger partial charge is 0.150 e. The zero-order chi connectivity index (χ0) is 4.28. The standard InChI is InChI=1S/C2H6N2S.H2S/c1-5-2(3)4;/h1H3,(H3,3,4);1H2. The van der Waals surface area contributed by atoms with Crippen molar-refractivity contribution in [1.29, 1.82) is 5.41 Å². The van der Waals surface area contributed by atoms with Crippen LogP contribution in [0.3, 0.4) is 0 Å².